The van der Waals surface area contributed by atoms with Gasteiger partial charge in [0, 0.05) is 99.1 Å². The SMILES string of the molecule is c1ccc2c(c1)c1c(n2-c2ccc3c(c2)c2cc(-n4c5ccccc5c5ccccc54)ccc2n3-c2ccc(-n3c4ccc(-n5c6ccccc6c6ccccc65)cc4c4cc(-n5c6ccccc6c6ccccc65)ccc43)cc2)CCCC1. The Morgan fingerprint density at radius 1 is 0.179 bits per heavy atom. The van der Waals surface area contributed by atoms with Crippen molar-refractivity contribution in [3.63, 3.8) is 0 Å². The Morgan fingerprint density at radius 3 is 0.726 bits per heavy atom. The molecule has 18 aromatic rings. The van der Waals surface area contributed by atoms with Crippen molar-refractivity contribution in [3.05, 3.63) is 278 Å². The first-order valence-electron chi connectivity index (χ1n) is 29.5. The quantitative estimate of drug-likeness (QED) is 0.159. The van der Waals surface area contributed by atoms with Crippen LogP contribution >= 0.6 is 0 Å². The maximum atomic E-state index is 2.57. The number of hydrogen-bond acceptors (Lipinski definition) is 0. The van der Waals surface area contributed by atoms with Gasteiger partial charge in [-0.25, -0.2) is 0 Å². The van der Waals surface area contributed by atoms with E-state index in [1.165, 1.54) is 139 Å². The van der Waals surface area contributed by atoms with Gasteiger partial charge in [0.2, 0.25) is 0 Å². The average Bonchev–Trinajstić information content (AvgIpc) is 3.16. The van der Waals surface area contributed by atoms with Crippen LogP contribution in [0.2, 0.25) is 0 Å². The van der Waals surface area contributed by atoms with Crippen molar-refractivity contribution in [2.75, 3.05) is 0 Å². The summed E-state index contributed by atoms with van der Waals surface area (Å²) >= 11 is 0. The summed E-state index contributed by atoms with van der Waals surface area (Å²) in [5, 5.41) is 13.8. The van der Waals surface area contributed by atoms with Crippen molar-refractivity contribution >= 4 is 120 Å². The number of fused-ring (bicyclic) bond motifs is 18. The largest absolute Gasteiger partial charge is 0.313 e. The van der Waals surface area contributed by atoms with Crippen LogP contribution < -0.4 is 0 Å². The van der Waals surface area contributed by atoms with E-state index in [4.69, 9.17) is 0 Å². The molecular formula is C78H52N6. The smallest absolute Gasteiger partial charge is 0.0542 e. The molecule has 12 aromatic carbocycles. The zero-order valence-corrected chi connectivity index (χ0v) is 45.9. The summed E-state index contributed by atoms with van der Waals surface area (Å²) in [6.07, 6.45) is 4.67. The van der Waals surface area contributed by atoms with Crippen molar-refractivity contribution in [3.8, 4) is 34.1 Å². The molecule has 1 aliphatic carbocycles. The summed E-state index contributed by atoms with van der Waals surface area (Å²) in [5.41, 5.74) is 23.0. The average molecular weight is 1070 g/mol. The minimum absolute atomic E-state index is 1.09. The van der Waals surface area contributed by atoms with E-state index in [2.05, 4.69) is 294 Å². The van der Waals surface area contributed by atoms with Crippen LogP contribution in [0.5, 0.6) is 0 Å². The fraction of sp³-hybridized carbons (Fsp3) is 0.0513. The summed E-state index contributed by atoms with van der Waals surface area (Å²) in [7, 11) is 0. The lowest BCUT2D eigenvalue weighted by Gasteiger charge is -2.16. The van der Waals surface area contributed by atoms with Gasteiger partial charge in [-0.1, -0.05) is 127 Å². The molecule has 84 heavy (non-hydrogen) atoms. The second kappa shape index (κ2) is 17.4. The lowest BCUT2D eigenvalue weighted by Crippen LogP contribution is -2.06. The summed E-state index contributed by atoms with van der Waals surface area (Å²) in [4.78, 5) is 0. The summed E-state index contributed by atoms with van der Waals surface area (Å²) < 4.78 is 14.9. The van der Waals surface area contributed by atoms with E-state index in [0.717, 1.165) is 52.3 Å². The molecule has 0 aliphatic heterocycles. The topological polar surface area (TPSA) is 29.6 Å². The van der Waals surface area contributed by atoms with Crippen molar-refractivity contribution in [2.24, 2.45) is 0 Å². The zero-order valence-electron chi connectivity index (χ0n) is 45.9. The molecule has 0 atom stereocenters. The molecule has 0 fully saturated rings. The van der Waals surface area contributed by atoms with E-state index in [-0.39, 0.29) is 0 Å². The van der Waals surface area contributed by atoms with Crippen LogP contribution in [0, 0.1) is 0 Å². The van der Waals surface area contributed by atoms with Crippen LogP contribution in [-0.4, -0.2) is 27.4 Å². The molecule has 6 heteroatoms. The van der Waals surface area contributed by atoms with Gasteiger partial charge in [-0.3, -0.25) is 0 Å². The minimum Gasteiger partial charge on any atom is -0.313 e. The van der Waals surface area contributed by atoms with Crippen LogP contribution in [0.1, 0.15) is 24.1 Å². The fourth-order valence-electron chi connectivity index (χ4n) is 15.3. The molecule has 6 nitrogen and oxygen atoms in total. The molecule has 0 saturated carbocycles. The highest BCUT2D eigenvalue weighted by atomic mass is 15.0. The van der Waals surface area contributed by atoms with Gasteiger partial charge in [0.15, 0.2) is 0 Å². The Labute approximate surface area is 482 Å². The van der Waals surface area contributed by atoms with Crippen molar-refractivity contribution in [2.45, 2.75) is 25.7 Å². The fourth-order valence-corrected chi connectivity index (χ4v) is 15.3. The summed E-state index contributed by atoms with van der Waals surface area (Å²) in [6, 6.07) is 99.7. The van der Waals surface area contributed by atoms with Gasteiger partial charge in [-0.05, 0) is 171 Å². The van der Waals surface area contributed by atoms with E-state index in [1.54, 1.807) is 0 Å². The van der Waals surface area contributed by atoms with Gasteiger partial charge < -0.3 is 27.4 Å². The molecule has 0 N–H and O–H groups in total. The zero-order chi connectivity index (χ0) is 54.7. The van der Waals surface area contributed by atoms with E-state index in [9.17, 15) is 0 Å². The maximum absolute atomic E-state index is 2.57. The highest BCUT2D eigenvalue weighted by molar-refractivity contribution is 6.16. The van der Waals surface area contributed by atoms with E-state index < -0.39 is 0 Å². The number of nitrogens with zero attached hydrogens (tertiary/aromatic N) is 6. The van der Waals surface area contributed by atoms with Crippen LogP contribution in [0.15, 0.2) is 267 Å². The monoisotopic (exact) mass is 1070 g/mol. The number of para-hydroxylation sites is 7. The van der Waals surface area contributed by atoms with Crippen LogP contribution in [0.25, 0.3) is 154 Å². The van der Waals surface area contributed by atoms with Crippen molar-refractivity contribution in [1.82, 2.24) is 27.4 Å². The summed E-state index contributed by atoms with van der Waals surface area (Å²) in [5.74, 6) is 0. The number of rotatable bonds is 6. The minimum atomic E-state index is 1.09. The highest BCUT2D eigenvalue weighted by Gasteiger charge is 2.24. The molecule has 0 radical (unpaired) electrons. The van der Waals surface area contributed by atoms with Crippen LogP contribution in [-0.2, 0) is 12.8 Å². The highest BCUT2D eigenvalue weighted by Crippen LogP contribution is 2.43. The molecule has 0 spiro atoms. The number of benzene rings is 12. The third kappa shape index (κ3) is 6.34. The van der Waals surface area contributed by atoms with E-state index in [0.29, 0.717) is 0 Å². The first-order chi connectivity index (χ1) is 41.7. The Bertz CT molecular complexity index is 5480. The first-order valence-corrected chi connectivity index (χ1v) is 29.5. The molecule has 6 aromatic heterocycles. The molecule has 0 bridgehead atoms. The molecule has 394 valence electrons. The Balaban J connectivity index is 0.819. The second-order valence-corrected chi connectivity index (χ2v) is 23.1. The predicted octanol–water partition coefficient (Wildman–Crippen LogP) is 20.0. The lowest BCUT2D eigenvalue weighted by atomic mass is 9.95. The third-order valence-electron chi connectivity index (χ3n) is 18.8. The third-order valence-corrected chi connectivity index (χ3v) is 18.8. The molecule has 1 aliphatic rings. The predicted molar refractivity (Wildman–Crippen MR) is 352 cm³/mol. The van der Waals surface area contributed by atoms with Gasteiger partial charge in [0.1, 0.15) is 0 Å². The molecular weight excluding hydrogens is 1020 g/mol. The molecule has 0 unspecified atom stereocenters. The molecule has 0 amide bonds. The van der Waals surface area contributed by atoms with Gasteiger partial charge >= 0.3 is 0 Å². The Hall–Kier alpha value is -10.8. The lowest BCUT2D eigenvalue weighted by molar-refractivity contribution is 0.667. The van der Waals surface area contributed by atoms with Crippen LogP contribution in [0.3, 0.4) is 0 Å². The Morgan fingerprint density at radius 2 is 0.405 bits per heavy atom. The van der Waals surface area contributed by atoms with Crippen molar-refractivity contribution in [1.29, 1.82) is 0 Å². The number of hydrogen-bond donors (Lipinski definition) is 0. The van der Waals surface area contributed by atoms with Gasteiger partial charge in [-0.2, -0.15) is 0 Å². The summed E-state index contributed by atoms with van der Waals surface area (Å²) in [6.45, 7) is 0. The van der Waals surface area contributed by atoms with E-state index in [1.807, 2.05) is 0 Å². The Kier molecular flexibility index (Phi) is 9.47. The molecule has 6 heterocycles. The van der Waals surface area contributed by atoms with Gasteiger partial charge in [-0.15, -0.1) is 0 Å². The number of aryl methyl sites for hydroxylation is 1. The van der Waals surface area contributed by atoms with Gasteiger partial charge in [0.05, 0.1) is 60.7 Å². The second-order valence-electron chi connectivity index (χ2n) is 23.1. The van der Waals surface area contributed by atoms with Crippen LogP contribution in [0.4, 0.5) is 0 Å². The van der Waals surface area contributed by atoms with Gasteiger partial charge in [0.25, 0.3) is 0 Å². The normalized spacial score (nSPS) is 13.0. The molecule has 0 saturated heterocycles. The standard InChI is InChI=1S/C78H52N6/c1-9-25-67-55(17-1)56-18-2-10-26-68(56)81(67)51-37-41-75-63(45-51)64-46-52(82-69-27-11-3-19-57(69)58-20-4-12-28-70(58)82)38-42-76(64)79(75)49-33-35-50(36-34-49)80-77-43-39-53(83-71-29-13-5-21-59(71)60-22-6-14-30-72(60)83)47-65(77)66-48-54(40-44-78(66)80)84-73-31-15-7-23-61(73)62-24-8-16-32-74(62)84/h1-7,9-15,17-23,25-31,33-48H,8,16,24,32H2. The van der Waals surface area contributed by atoms with Crippen molar-refractivity contribution < 1.29 is 0 Å². The number of aromatic nitrogens is 6. The maximum Gasteiger partial charge on any atom is 0.0542 e. The first kappa shape index (κ1) is 45.9. The van der Waals surface area contributed by atoms with E-state index >= 15 is 0 Å². The molecule has 19 rings (SSSR count).